The number of nitrogens with one attached hydrogen (secondary N) is 1. The Bertz CT molecular complexity index is 627. The van der Waals surface area contributed by atoms with Crippen LogP contribution in [0.1, 0.15) is 11.1 Å². The van der Waals surface area contributed by atoms with Crippen LogP contribution < -0.4 is 5.32 Å². The van der Waals surface area contributed by atoms with E-state index >= 15 is 0 Å². The first kappa shape index (κ1) is 14.8. The topological polar surface area (TPSA) is 39.1 Å². The molecule has 22 heavy (non-hydrogen) atoms. The summed E-state index contributed by atoms with van der Waals surface area (Å²) in [5.74, 6) is 0. The van der Waals surface area contributed by atoms with Gasteiger partial charge in [0.05, 0.1) is 6.07 Å². The maximum absolute atomic E-state index is 10.1. The number of hydrogen-bond donors (Lipinski definition) is 1. The molecule has 1 saturated heterocycles. The summed E-state index contributed by atoms with van der Waals surface area (Å²) in [6, 6.07) is 23.2. The lowest BCUT2D eigenvalue weighted by Crippen LogP contribution is -2.54. The minimum atomic E-state index is -0.593. The normalized spacial score (nSPS) is 18.3. The summed E-state index contributed by atoms with van der Waals surface area (Å²) in [6.45, 7) is 3.67. The van der Waals surface area contributed by atoms with Crippen LogP contribution in [0, 0.1) is 11.3 Å². The van der Waals surface area contributed by atoms with E-state index in [0.29, 0.717) is 6.42 Å². The third kappa shape index (κ3) is 2.89. The van der Waals surface area contributed by atoms with Crippen LogP contribution in [0.25, 0.3) is 0 Å². The van der Waals surface area contributed by atoms with Gasteiger partial charge in [0, 0.05) is 32.6 Å². The number of nitrogens with zero attached hydrogens (tertiary/aromatic N) is 2. The summed E-state index contributed by atoms with van der Waals surface area (Å²) in [4.78, 5) is 2.33. The van der Waals surface area contributed by atoms with E-state index in [1.165, 1.54) is 5.56 Å². The van der Waals surface area contributed by atoms with Crippen LogP contribution in [0.5, 0.6) is 0 Å². The molecule has 2 aromatic rings. The van der Waals surface area contributed by atoms with Crippen LogP contribution in [0.3, 0.4) is 0 Å². The second-order valence-electron chi connectivity index (χ2n) is 5.74. The first-order valence-corrected chi connectivity index (χ1v) is 7.82. The van der Waals surface area contributed by atoms with Gasteiger partial charge in [-0.1, -0.05) is 60.7 Å². The Kier molecular flexibility index (Phi) is 4.53. The van der Waals surface area contributed by atoms with E-state index in [2.05, 4.69) is 40.6 Å². The largest absolute Gasteiger partial charge is 0.314 e. The van der Waals surface area contributed by atoms with Crippen molar-refractivity contribution in [2.45, 2.75) is 12.0 Å². The van der Waals surface area contributed by atoms with Crippen molar-refractivity contribution in [2.24, 2.45) is 0 Å². The molecule has 2 aromatic carbocycles. The van der Waals surface area contributed by atoms with Gasteiger partial charge in [-0.15, -0.1) is 0 Å². The Morgan fingerprint density at radius 1 is 0.955 bits per heavy atom. The molecule has 1 atom stereocenters. The van der Waals surface area contributed by atoms with Crippen molar-refractivity contribution >= 4 is 0 Å². The van der Waals surface area contributed by atoms with Crippen molar-refractivity contribution in [3.63, 3.8) is 0 Å². The van der Waals surface area contributed by atoms with Gasteiger partial charge in [0.25, 0.3) is 0 Å². The van der Waals surface area contributed by atoms with Crippen LogP contribution in [0.15, 0.2) is 60.7 Å². The summed E-state index contributed by atoms with van der Waals surface area (Å²) < 4.78 is 0. The Morgan fingerprint density at radius 2 is 1.55 bits per heavy atom. The van der Waals surface area contributed by atoms with Crippen molar-refractivity contribution in [3.05, 3.63) is 71.8 Å². The number of nitriles is 1. The molecule has 1 fully saturated rings. The quantitative estimate of drug-likeness (QED) is 0.941. The van der Waals surface area contributed by atoms with Crippen molar-refractivity contribution in [3.8, 4) is 6.07 Å². The first-order chi connectivity index (χ1) is 10.8. The predicted molar refractivity (Wildman–Crippen MR) is 88.3 cm³/mol. The van der Waals surface area contributed by atoms with Gasteiger partial charge in [0.2, 0.25) is 0 Å². The van der Waals surface area contributed by atoms with Crippen molar-refractivity contribution < 1.29 is 0 Å². The highest BCUT2D eigenvalue weighted by Crippen LogP contribution is 2.32. The number of benzene rings is 2. The van der Waals surface area contributed by atoms with Gasteiger partial charge in [0.15, 0.2) is 0 Å². The zero-order valence-electron chi connectivity index (χ0n) is 12.7. The van der Waals surface area contributed by atoms with E-state index in [9.17, 15) is 5.26 Å². The van der Waals surface area contributed by atoms with E-state index in [1.807, 2.05) is 36.4 Å². The van der Waals surface area contributed by atoms with E-state index in [-0.39, 0.29) is 0 Å². The molecule has 3 heteroatoms. The van der Waals surface area contributed by atoms with E-state index in [0.717, 1.165) is 31.7 Å². The zero-order chi connectivity index (χ0) is 15.3. The summed E-state index contributed by atoms with van der Waals surface area (Å²) in [5.41, 5.74) is 1.69. The molecule has 1 aliphatic rings. The van der Waals surface area contributed by atoms with Gasteiger partial charge in [0.1, 0.15) is 5.54 Å². The molecule has 3 nitrogen and oxygen atoms in total. The van der Waals surface area contributed by atoms with Crippen molar-refractivity contribution in [1.82, 2.24) is 10.2 Å². The average Bonchev–Trinajstić information content (AvgIpc) is 2.62. The maximum atomic E-state index is 10.1. The fourth-order valence-corrected chi connectivity index (χ4v) is 3.22. The summed E-state index contributed by atoms with van der Waals surface area (Å²) >= 11 is 0. The molecule has 0 spiro atoms. The zero-order valence-corrected chi connectivity index (χ0v) is 12.7. The fraction of sp³-hybridized carbons (Fsp3) is 0.316. The molecular formula is C19H21N3. The molecule has 1 aliphatic heterocycles. The van der Waals surface area contributed by atoms with Crippen LogP contribution in [-0.2, 0) is 12.0 Å². The molecule has 1 heterocycles. The van der Waals surface area contributed by atoms with Crippen LogP contribution in [-0.4, -0.2) is 31.1 Å². The van der Waals surface area contributed by atoms with Crippen LogP contribution in [0.4, 0.5) is 0 Å². The van der Waals surface area contributed by atoms with E-state index < -0.39 is 5.54 Å². The fourth-order valence-electron chi connectivity index (χ4n) is 3.22. The molecule has 0 aliphatic carbocycles. The third-order valence-electron chi connectivity index (χ3n) is 4.40. The van der Waals surface area contributed by atoms with Gasteiger partial charge in [-0.25, -0.2) is 0 Å². The number of hydrogen-bond acceptors (Lipinski definition) is 3. The van der Waals surface area contributed by atoms with Crippen LogP contribution in [0.2, 0.25) is 0 Å². The average molecular weight is 291 g/mol. The maximum Gasteiger partial charge on any atom is 0.138 e. The number of piperazine rings is 1. The molecule has 0 amide bonds. The predicted octanol–water partition coefficient (Wildman–Crippen LogP) is 2.55. The van der Waals surface area contributed by atoms with Gasteiger partial charge in [-0.05, 0) is 11.1 Å². The summed E-state index contributed by atoms with van der Waals surface area (Å²) in [7, 11) is 0. The summed E-state index contributed by atoms with van der Waals surface area (Å²) in [6.07, 6.45) is 0.717. The second-order valence-corrected chi connectivity index (χ2v) is 5.74. The molecule has 0 radical (unpaired) electrons. The highest BCUT2D eigenvalue weighted by molar-refractivity contribution is 5.35. The Morgan fingerprint density at radius 3 is 2.14 bits per heavy atom. The first-order valence-electron chi connectivity index (χ1n) is 7.82. The third-order valence-corrected chi connectivity index (χ3v) is 4.40. The van der Waals surface area contributed by atoms with Gasteiger partial charge < -0.3 is 5.32 Å². The monoisotopic (exact) mass is 291 g/mol. The molecule has 1 N–H and O–H groups in total. The minimum Gasteiger partial charge on any atom is -0.314 e. The lowest BCUT2D eigenvalue weighted by molar-refractivity contribution is 0.117. The van der Waals surface area contributed by atoms with E-state index in [4.69, 9.17) is 0 Å². The summed E-state index contributed by atoms with van der Waals surface area (Å²) in [5, 5.41) is 13.5. The molecule has 112 valence electrons. The van der Waals surface area contributed by atoms with Gasteiger partial charge >= 0.3 is 0 Å². The van der Waals surface area contributed by atoms with Crippen molar-refractivity contribution in [1.29, 1.82) is 5.26 Å². The smallest absolute Gasteiger partial charge is 0.138 e. The molecule has 0 saturated carbocycles. The highest BCUT2D eigenvalue weighted by atomic mass is 15.2. The SMILES string of the molecule is N#CC(Cc1ccccc1)(c1ccccc1)N1CCNCC1. The highest BCUT2D eigenvalue weighted by Gasteiger charge is 2.39. The Labute approximate surface area is 132 Å². The van der Waals surface area contributed by atoms with Crippen LogP contribution >= 0.6 is 0 Å². The van der Waals surface area contributed by atoms with Gasteiger partial charge in [-0.2, -0.15) is 5.26 Å². The Balaban J connectivity index is 2.02. The molecule has 3 rings (SSSR count). The van der Waals surface area contributed by atoms with E-state index in [1.54, 1.807) is 0 Å². The lowest BCUT2D eigenvalue weighted by Gasteiger charge is -2.41. The molecular weight excluding hydrogens is 270 g/mol. The Hall–Kier alpha value is -2.15. The molecule has 0 aromatic heterocycles. The molecule has 0 bridgehead atoms. The number of rotatable bonds is 4. The van der Waals surface area contributed by atoms with Crippen molar-refractivity contribution in [2.75, 3.05) is 26.2 Å². The molecule has 1 unspecified atom stereocenters. The second kappa shape index (κ2) is 6.74. The van der Waals surface area contributed by atoms with Gasteiger partial charge in [-0.3, -0.25) is 4.90 Å². The standard InChI is InChI=1S/C19H21N3/c20-16-19(18-9-5-2-6-10-18,22-13-11-21-12-14-22)15-17-7-3-1-4-8-17/h1-10,21H,11-15H2. The minimum absolute atomic E-state index is 0.593. The lowest BCUT2D eigenvalue weighted by atomic mass is 9.83.